The molecule has 6 aromatic carbocycles. The second-order valence-corrected chi connectivity index (χ2v) is 15.2. The second-order valence-electron chi connectivity index (χ2n) is 14.2. The van der Waals surface area contributed by atoms with E-state index in [4.69, 9.17) is 0 Å². The maximum atomic E-state index is 3.65. The molecule has 4 N–H and O–H groups in total. The number of hydrogen-bond acceptors (Lipinski definition) is 5. The Morgan fingerprint density at radius 3 is 1.47 bits per heavy atom. The highest BCUT2D eigenvalue weighted by Crippen LogP contribution is 2.40. The standard InChI is InChI=1S/C46H42B2N4S/c1-2-3-4-5-10-38-31-43(34-23-19-32(20-24-34)27-29-47-49-39-15-6-11-35-12-7-16-40(50-47)44(35)39)53-46(38)37-25-21-33(22-26-37)28-30-48-51-41-17-8-13-36-14-9-18-42(52-48)45(36)41/h6-9,11-31,49-52H,2-5,10H2,1H3/b29-27+,30-28+. The van der Waals surface area contributed by atoms with Crippen LogP contribution in [0.2, 0.25) is 0 Å². The summed E-state index contributed by atoms with van der Waals surface area (Å²) in [5, 5.41) is 19.6. The van der Waals surface area contributed by atoms with Gasteiger partial charge in [-0.1, -0.05) is 147 Å². The lowest BCUT2D eigenvalue weighted by atomic mass is 9.73. The minimum Gasteiger partial charge on any atom is -0.405 e. The highest BCUT2D eigenvalue weighted by molar-refractivity contribution is 7.19. The molecule has 0 fully saturated rings. The van der Waals surface area contributed by atoms with Crippen molar-refractivity contribution in [2.45, 2.75) is 39.0 Å². The molecule has 0 aliphatic carbocycles. The zero-order chi connectivity index (χ0) is 35.6. The fourth-order valence-electron chi connectivity index (χ4n) is 7.76. The van der Waals surface area contributed by atoms with E-state index in [2.05, 4.69) is 179 Å². The van der Waals surface area contributed by atoms with Crippen molar-refractivity contribution in [3.63, 3.8) is 0 Å². The molecule has 2 aliphatic heterocycles. The van der Waals surface area contributed by atoms with Gasteiger partial charge in [0, 0.05) is 43.3 Å². The van der Waals surface area contributed by atoms with Crippen LogP contribution in [0.5, 0.6) is 0 Å². The average Bonchev–Trinajstić information content (AvgIpc) is 3.63. The van der Waals surface area contributed by atoms with Crippen molar-refractivity contribution in [2.24, 2.45) is 0 Å². The van der Waals surface area contributed by atoms with Gasteiger partial charge in [0.25, 0.3) is 0 Å². The van der Waals surface area contributed by atoms with Gasteiger partial charge in [-0.05, 0) is 81.8 Å². The van der Waals surface area contributed by atoms with E-state index in [9.17, 15) is 0 Å². The number of benzene rings is 6. The molecule has 1 aromatic heterocycles. The second kappa shape index (κ2) is 14.8. The van der Waals surface area contributed by atoms with Crippen molar-refractivity contribution in [3.8, 4) is 20.9 Å². The van der Waals surface area contributed by atoms with Gasteiger partial charge >= 0.3 is 14.0 Å². The summed E-state index contributed by atoms with van der Waals surface area (Å²) in [4.78, 5) is 2.72. The van der Waals surface area contributed by atoms with E-state index in [1.54, 1.807) is 0 Å². The summed E-state index contributed by atoms with van der Waals surface area (Å²) < 4.78 is 0. The number of nitrogens with one attached hydrogen (secondary N) is 4. The molecule has 0 saturated carbocycles. The maximum Gasteiger partial charge on any atom is 0.398 e. The van der Waals surface area contributed by atoms with Crippen LogP contribution >= 0.6 is 11.3 Å². The molecule has 0 spiro atoms. The normalized spacial score (nSPS) is 13.4. The van der Waals surface area contributed by atoms with Crippen LogP contribution in [0, 0.1) is 0 Å². The number of rotatable bonds is 11. The number of anilines is 4. The fraction of sp³-hybridized carbons (Fsp3) is 0.130. The Morgan fingerprint density at radius 1 is 0.528 bits per heavy atom. The Kier molecular flexibility index (Phi) is 9.25. The van der Waals surface area contributed by atoms with Crippen molar-refractivity contribution in [1.29, 1.82) is 0 Å². The summed E-state index contributed by atoms with van der Waals surface area (Å²) in [7, 11) is 0. The molecule has 2 aliphatic rings. The Bertz CT molecular complexity index is 2390. The number of thiophene rings is 1. The summed E-state index contributed by atoms with van der Waals surface area (Å²) in [5.41, 5.74) is 11.1. The van der Waals surface area contributed by atoms with E-state index in [0.29, 0.717) is 0 Å². The summed E-state index contributed by atoms with van der Waals surface area (Å²) in [6.45, 7) is 2.34. The molecule has 53 heavy (non-hydrogen) atoms. The van der Waals surface area contributed by atoms with Gasteiger partial charge in [-0.25, -0.2) is 0 Å². The van der Waals surface area contributed by atoms with Crippen LogP contribution in [-0.4, -0.2) is 14.0 Å². The first kappa shape index (κ1) is 33.2. The van der Waals surface area contributed by atoms with Crippen molar-refractivity contribution in [1.82, 2.24) is 0 Å². The van der Waals surface area contributed by atoms with Gasteiger partial charge in [-0.2, -0.15) is 0 Å². The zero-order valence-corrected chi connectivity index (χ0v) is 30.8. The molecular weight excluding hydrogens is 662 g/mol. The van der Waals surface area contributed by atoms with Crippen LogP contribution in [0.25, 0.3) is 54.6 Å². The molecular formula is C46H42B2N4S. The van der Waals surface area contributed by atoms with E-state index < -0.39 is 0 Å². The van der Waals surface area contributed by atoms with Crippen molar-refractivity contribution >= 4 is 81.7 Å². The van der Waals surface area contributed by atoms with E-state index >= 15 is 0 Å². The summed E-state index contributed by atoms with van der Waals surface area (Å²) in [6.07, 6.45) is 10.6. The summed E-state index contributed by atoms with van der Waals surface area (Å²) in [5.74, 6) is 4.42. The third-order valence-electron chi connectivity index (χ3n) is 10.5. The first-order chi connectivity index (χ1) is 26.2. The Hall–Kier alpha value is -5.65. The summed E-state index contributed by atoms with van der Waals surface area (Å²) >= 11 is 1.92. The molecule has 3 heterocycles. The van der Waals surface area contributed by atoms with Crippen LogP contribution in [0.15, 0.2) is 139 Å². The van der Waals surface area contributed by atoms with E-state index in [1.807, 2.05) is 11.3 Å². The van der Waals surface area contributed by atoms with Crippen LogP contribution in [0.3, 0.4) is 0 Å². The molecule has 9 rings (SSSR count). The minimum absolute atomic E-state index is 0.0279. The smallest absolute Gasteiger partial charge is 0.398 e. The number of unbranched alkanes of at least 4 members (excludes halogenated alkanes) is 3. The zero-order valence-electron chi connectivity index (χ0n) is 30.0. The first-order valence-corrected chi connectivity index (χ1v) is 19.8. The monoisotopic (exact) mass is 704 g/mol. The lowest BCUT2D eigenvalue weighted by molar-refractivity contribution is 0.668. The largest absolute Gasteiger partial charge is 0.405 e. The van der Waals surface area contributed by atoms with E-state index in [0.717, 1.165) is 6.42 Å². The summed E-state index contributed by atoms with van der Waals surface area (Å²) in [6, 6.07) is 46.3. The topological polar surface area (TPSA) is 48.1 Å². The predicted molar refractivity (Wildman–Crippen MR) is 235 cm³/mol. The van der Waals surface area contributed by atoms with Crippen molar-refractivity contribution in [3.05, 3.63) is 156 Å². The van der Waals surface area contributed by atoms with Gasteiger partial charge in [-0.3, -0.25) is 0 Å². The molecule has 0 amide bonds. The molecule has 0 atom stereocenters. The maximum absolute atomic E-state index is 3.65. The number of aryl methyl sites for hydroxylation is 1. The minimum atomic E-state index is 0.0279. The van der Waals surface area contributed by atoms with Gasteiger partial charge in [0.2, 0.25) is 0 Å². The average molecular weight is 705 g/mol. The highest BCUT2D eigenvalue weighted by atomic mass is 32.1. The van der Waals surface area contributed by atoms with Crippen LogP contribution in [-0.2, 0) is 6.42 Å². The van der Waals surface area contributed by atoms with Gasteiger partial charge in [0.05, 0.1) is 0 Å². The van der Waals surface area contributed by atoms with E-state index in [-0.39, 0.29) is 14.0 Å². The highest BCUT2D eigenvalue weighted by Gasteiger charge is 2.22. The van der Waals surface area contributed by atoms with Crippen molar-refractivity contribution < 1.29 is 0 Å². The molecule has 7 heteroatoms. The van der Waals surface area contributed by atoms with Crippen LogP contribution < -0.4 is 20.9 Å². The Labute approximate surface area is 317 Å². The lowest BCUT2D eigenvalue weighted by Crippen LogP contribution is -2.35. The predicted octanol–water partition coefficient (Wildman–Crippen LogP) is 12.7. The molecule has 0 radical (unpaired) electrons. The Balaban J connectivity index is 0.902. The molecule has 4 nitrogen and oxygen atoms in total. The lowest BCUT2D eigenvalue weighted by Gasteiger charge is -2.24. The number of hydrogen-bond donors (Lipinski definition) is 4. The van der Waals surface area contributed by atoms with Gasteiger partial charge in [-0.15, -0.1) is 11.3 Å². The SMILES string of the molecule is CCCCCCc1cc(-c2ccc(/C=C/B3Nc4cccc5cccc(c45)N3)cc2)sc1-c1ccc(/C=C/B2Nc3cccc4cccc(c34)N2)cc1. The van der Waals surface area contributed by atoms with Gasteiger partial charge in [0.1, 0.15) is 0 Å². The quantitative estimate of drug-likeness (QED) is 0.0800. The van der Waals surface area contributed by atoms with Crippen LogP contribution in [0.4, 0.5) is 22.7 Å². The third-order valence-corrected chi connectivity index (χ3v) is 11.8. The van der Waals surface area contributed by atoms with Crippen LogP contribution in [0.1, 0.15) is 49.3 Å². The van der Waals surface area contributed by atoms with E-state index in [1.165, 1.54) is 108 Å². The van der Waals surface area contributed by atoms with Gasteiger partial charge < -0.3 is 20.9 Å². The molecule has 0 saturated heterocycles. The molecule has 0 unspecified atom stereocenters. The van der Waals surface area contributed by atoms with Crippen molar-refractivity contribution in [2.75, 3.05) is 20.9 Å². The first-order valence-electron chi connectivity index (χ1n) is 19.0. The third kappa shape index (κ3) is 6.97. The van der Waals surface area contributed by atoms with Gasteiger partial charge in [0.15, 0.2) is 0 Å². The molecule has 7 aromatic rings. The Morgan fingerprint density at radius 2 is 1.00 bits per heavy atom. The fourth-order valence-corrected chi connectivity index (χ4v) is 8.98. The molecule has 258 valence electrons. The molecule has 0 bridgehead atoms.